The highest BCUT2D eigenvalue weighted by Crippen LogP contribution is 2.33. The number of fused-ring (bicyclic) bond motifs is 1. The van der Waals surface area contributed by atoms with Crippen LogP contribution in [0.5, 0.6) is 0 Å². The Morgan fingerprint density at radius 1 is 1.29 bits per heavy atom. The number of hydrogen-bond acceptors (Lipinski definition) is 5. The van der Waals surface area contributed by atoms with Crippen molar-refractivity contribution in [2.75, 3.05) is 29.5 Å². The molecule has 0 aromatic heterocycles. The molecule has 0 radical (unpaired) electrons. The van der Waals surface area contributed by atoms with Crippen LogP contribution < -0.4 is 21.3 Å². The minimum absolute atomic E-state index is 0.0485. The van der Waals surface area contributed by atoms with Crippen molar-refractivity contribution in [3.05, 3.63) is 18.2 Å². The Bertz CT molecular complexity index is 609. The predicted octanol–water partition coefficient (Wildman–Crippen LogP) is -0.243. The fourth-order valence-electron chi connectivity index (χ4n) is 2.14. The normalized spacial score (nSPS) is 21.0. The molecule has 1 atom stereocenters. The quantitative estimate of drug-likeness (QED) is 0.604. The monoisotopic (exact) mass is 306 g/mol. The Balaban J connectivity index is 1.67. The number of piperazine rings is 1. The summed E-state index contributed by atoms with van der Waals surface area (Å²) in [6.07, 6.45) is 0. The van der Waals surface area contributed by atoms with Gasteiger partial charge < -0.3 is 16.0 Å². The summed E-state index contributed by atoms with van der Waals surface area (Å²) in [5.74, 6) is 0.0228. The van der Waals surface area contributed by atoms with Gasteiger partial charge in [-0.1, -0.05) is 0 Å². The van der Waals surface area contributed by atoms with E-state index in [0.717, 1.165) is 4.90 Å². The molecule has 4 N–H and O–H groups in total. The first kappa shape index (κ1) is 13.9. The minimum atomic E-state index is -0.456. The van der Waals surface area contributed by atoms with E-state index < -0.39 is 6.04 Å². The van der Waals surface area contributed by atoms with E-state index in [1.807, 2.05) is 6.07 Å². The molecule has 2 heterocycles. The minimum Gasteiger partial charge on any atom is -0.353 e. The molecule has 110 valence electrons. The molecule has 0 aliphatic carbocycles. The van der Waals surface area contributed by atoms with Gasteiger partial charge in [0.25, 0.3) is 0 Å². The maximum absolute atomic E-state index is 12.1. The van der Waals surface area contributed by atoms with Gasteiger partial charge in [0.05, 0.1) is 18.0 Å². The lowest BCUT2D eigenvalue weighted by Gasteiger charge is -2.23. The predicted molar refractivity (Wildman–Crippen MR) is 79.2 cm³/mol. The first-order valence-electron chi connectivity index (χ1n) is 6.49. The Labute approximate surface area is 125 Å². The average molecular weight is 306 g/mol. The summed E-state index contributed by atoms with van der Waals surface area (Å²) in [6.45, 7) is 0.400. The fourth-order valence-corrected chi connectivity index (χ4v) is 2.93. The zero-order valence-electron chi connectivity index (χ0n) is 11.1. The Morgan fingerprint density at radius 3 is 2.90 bits per heavy atom. The van der Waals surface area contributed by atoms with Crippen LogP contribution in [0.4, 0.5) is 11.4 Å². The van der Waals surface area contributed by atoms with Crippen LogP contribution in [-0.2, 0) is 14.4 Å². The maximum Gasteiger partial charge on any atom is 0.243 e. The molecule has 1 unspecified atom stereocenters. The van der Waals surface area contributed by atoms with Gasteiger partial charge in [0.15, 0.2) is 0 Å². The van der Waals surface area contributed by atoms with E-state index >= 15 is 0 Å². The van der Waals surface area contributed by atoms with E-state index in [1.54, 1.807) is 12.1 Å². The highest BCUT2D eigenvalue weighted by molar-refractivity contribution is 8.00. The van der Waals surface area contributed by atoms with Crippen LogP contribution >= 0.6 is 11.8 Å². The summed E-state index contributed by atoms with van der Waals surface area (Å²) in [6, 6.07) is 4.94. The SMILES string of the molecule is O=C1CNC(C(=O)Nc2ccc3c(c2)NC(=O)CS3)CN1. The number of benzene rings is 1. The second-order valence-electron chi connectivity index (χ2n) is 4.77. The Hall–Kier alpha value is -2.06. The largest absolute Gasteiger partial charge is 0.353 e. The molecule has 0 bridgehead atoms. The summed E-state index contributed by atoms with van der Waals surface area (Å²) in [7, 11) is 0. The van der Waals surface area contributed by atoms with E-state index in [4.69, 9.17) is 0 Å². The highest BCUT2D eigenvalue weighted by Gasteiger charge is 2.24. The van der Waals surface area contributed by atoms with Crippen molar-refractivity contribution < 1.29 is 14.4 Å². The summed E-state index contributed by atoms with van der Waals surface area (Å²) >= 11 is 1.47. The Morgan fingerprint density at radius 2 is 2.14 bits per heavy atom. The van der Waals surface area contributed by atoms with Crippen LogP contribution in [0.15, 0.2) is 23.1 Å². The fraction of sp³-hybridized carbons (Fsp3) is 0.308. The second-order valence-corrected chi connectivity index (χ2v) is 5.79. The zero-order valence-corrected chi connectivity index (χ0v) is 11.9. The molecular weight excluding hydrogens is 292 g/mol. The number of amides is 3. The summed E-state index contributed by atoms with van der Waals surface area (Å²) in [4.78, 5) is 35.5. The lowest BCUT2D eigenvalue weighted by Crippen LogP contribution is -2.56. The zero-order chi connectivity index (χ0) is 14.8. The number of hydrogen-bond donors (Lipinski definition) is 4. The molecule has 7 nitrogen and oxygen atoms in total. The number of thioether (sulfide) groups is 1. The van der Waals surface area contributed by atoms with E-state index in [9.17, 15) is 14.4 Å². The van der Waals surface area contributed by atoms with Gasteiger partial charge in [-0.3, -0.25) is 19.7 Å². The molecule has 2 aliphatic rings. The number of anilines is 2. The Kier molecular flexibility index (Phi) is 3.80. The molecule has 21 heavy (non-hydrogen) atoms. The molecule has 0 spiro atoms. The number of rotatable bonds is 2. The van der Waals surface area contributed by atoms with Crippen LogP contribution in [-0.4, -0.2) is 42.6 Å². The van der Waals surface area contributed by atoms with Crippen LogP contribution in [0.1, 0.15) is 0 Å². The lowest BCUT2D eigenvalue weighted by molar-refractivity contribution is -0.124. The van der Waals surface area contributed by atoms with Crippen molar-refractivity contribution in [1.82, 2.24) is 10.6 Å². The molecule has 1 aromatic carbocycles. The number of carbonyl (C=O) groups is 3. The van der Waals surface area contributed by atoms with E-state index in [1.165, 1.54) is 11.8 Å². The molecule has 2 aliphatic heterocycles. The van der Waals surface area contributed by atoms with Gasteiger partial charge in [0.1, 0.15) is 6.04 Å². The van der Waals surface area contributed by atoms with Crippen LogP contribution in [0, 0.1) is 0 Å². The number of carbonyl (C=O) groups excluding carboxylic acids is 3. The van der Waals surface area contributed by atoms with Gasteiger partial charge in [-0.15, -0.1) is 11.8 Å². The second kappa shape index (κ2) is 5.74. The molecule has 3 rings (SSSR count). The molecule has 1 saturated heterocycles. The van der Waals surface area contributed by atoms with Crippen molar-refractivity contribution in [2.24, 2.45) is 0 Å². The van der Waals surface area contributed by atoms with Crippen molar-refractivity contribution >= 4 is 40.9 Å². The highest BCUT2D eigenvalue weighted by atomic mass is 32.2. The summed E-state index contributed by atoms with van der Waals surface area (Å²) < 4.78 is 0. The molecule has 0 saturated carbocycles. The first-order valence-corrected chi connectivity index (χ1v) is 7.48. The van der Waals surface area contributed by atoms with Gasteiger partial charge in [-0.05, 0) is 18.2 Å². The third-order valence-corrected chi connectivity index (χ3v) is 4.28. The smallest absolute Gasteiger partial charge is 0.243 e. The maximum atomic E-state index is 12.1. The van der Waals surface area contributed by atoms with Crippen molar-refractivity contribution in [3.8, 4) is 0 Å². The van der Waals surface area contributed by atoms with Crippen molar-refractivity contribution in [2.45, 2.75) is 10.9 Å². The molecule has 8 heteroatoms. The third-order valence-electron chi connectivity index (χ3n) is 3.21. The van der Waals surface area contributed by atoms with Crippen LogP contribution in [0.3, 0.4) is 0 Å². The van der Waals surface area contributed by atoms with Crippen molar-refractivity contribution in [1.29, 1.82) is 0 Å². The van der Waals surface area contributed by atoms with Crippen molar-refractivity contribution in [3.63, 3.8) is 0 Å². The molecule has 1 fully saturated rings. The van der Waals surface area contributed by atoms with E-state index in [2.05, 4.69) is 21.3 Å². The van der Waals surface area contributed by atoms with Gasteiger partial charge >= 0.3 is 0 Å². The van der Waals surface area contributed by atoms with E-state index in [-0.39, 0.29) is 30.8 Å². The van der Waals surface area contributed by atoms with Crippen LogP contribution in [0.25, 0.3) is 0 Å². The summed E-state index contributed by atoms with van der Waals surface area (Å²) in [5, 5.41) is 11.0. The van der Waals surface area contributed by atoms with Crippen LogP contribution in [0.2, 0.25) is 0 Å². The topological polar surface area (TPSA) is 99.3 Å². The van der Waals surface area contributed by atoms with Gasteiger partial charge in [-0.2, -0.15) is 0 Å². The average Bonchev–Trinajstić information content (AvgIpc) is 2.47. The molecule has 1 aromatic rings. The molecule has 3 amide bonds. The molecular formula is C13H14N4O3S. The first-order chi connectivity index (χ1) is 10.1. The van der Waals surface area contributed by atoms with E-state index in [0.29, 0.717) is 17.1 Å². The third kappa shape index (κ3) is 3.17. The van der Waals surface area contributed by atoms with Gasteiger partial charge in [0.2, 0.25) is 17.7 Å². The lowest BCUT2D eigenvalue weighted by atomic mass is 10.2. The summed E-state index contributed by atoms with van der Waals surface area (Å²) in [5.41, 5.74) is 1.32. The van der Waals surface area contributed by atoms with Gasteiger partial charge in [0, 0.05) is 17.1 Å². The standard InChI is InChI=1S/C13H14N4O3S/c18-11-5-14-9(4-15-11)13(20)16-7-1-2-10-8(3-7)17-12(19)6-21-10/h1-3,9,14H,4-6H2,(H,15,18)(H,16,20)(H,17,19). The number of nitrogens with one attached hydrogen (secondary N) is 4. The van der Waals surface area contributed by atoms with Gasteiger partial charge in [-0.25, -0.2) is 0 Å².